The van der Waals surface area contributed by atoms with E-state index in [2.05, 4.69) is 4.90 Å². The summed E-state index contributed by atoms with van der Waals surface area (Å²) in [6.45, 7) is 2.46. The zero-order valence-electron chi connectivity index (χ0n) is 14.0. The highest BCUT2D eigenvalue weighted by atomic mass is 16.5. The maximum absolute atomic E-state index is 12.6. The summed E-state index contributed by atoms with van der Waals surface area (Å²) in [5.74, 6) is 2.82. The van der Waals surface area contributed by atoms with Crippen molar-refractivity contribution in [2.24, 2.45) is 11.8 Å². The van der Waals surface area contributed by atoms with Crippen LogP contribution < -0.4 is 9.47 Å². The molecule has 23 heavy (non-hydrogen) atoms. The Bertz CT molecular complexity index is 508. The molecule has 4 nitrogen and oxygen atoms in total. The number of methoxy groups -OCH3 is 1. The van der Waals surface area contributed by atoms with E-state index in [-0.39, 0.29) is 5.92 Å². The summed E-state index contributed by atoms with van der Waals surface area (Å²) in [7, 11) is 1.66. The van der Waals surface area contributed by atoms with Gasteiger partial charge in [0.15, 0.2) is 0 Å². The van der Waals surface area contributed by atoms with Gasteiger partial charge in [0.25, 0.3) is 0 Å². The Morgan fingerprint density at radius 3 is 2.48 bits per heavy atom. The Labute approximate surface area is 138 Å². The van der Waals surface area contributed by atoms with Crippen molar-refractivity contribution >= 4 is 5.91 Å². The fourth-order valence-corrected chi connectivity index (χ4v) is 3.72. The van der Waals surface area contributed by atoms with Crippen molar-refractivity contribution in [1.29, 1.82) is 0 Å². The summed E-state index contributed by atoms with van der Waals surface area (Å²) in [6.07, 6.45) is 6.84. The molecule has 1 aliphatic carbocycles. The minimum Gasteiger partial charge on any atom is -0.497 e. The lowest BCUT2D eigenvalue weighted by molar-refractivity contribution is -0.137. The van der Waals surface area contributed by atoms with Gasteiger partial charge in [0.05, 0.1) is 13.7 Å². The van der Waals surface area contributed by atoms with Gasteiger partial charge < -0.3 is 14.4 Å². The van der Waals surface area contributed by atoms with Crippen molar-refractivity contribution in [3.05, 3.63) is 24.3 Å². The first-order valence-corrected chi connectivity index (χ1v) is 8.82. The van der Waals surface area contributed by atoms with Crippen LogP contribution in [0.15, 0.2) is 24.3 Å². The molecule has 0 bridgehead atoms. The molecule has 1 saturated heterocycles. The Hall–Kier alpha value is -1.71. The van der Waals surface area contributed by atoms with Crippen molar-refractivity contribution in [2.75, 3.05) is 26.8 Å². The Morgan fingerprint density at radius 1 is 1.09 bits per heavy atom. The fourth-order valence-electron chi connectivity index (χ4n) is 3.72. The topological polar surface area (TPSA) is 38.8 Å². The molecule has 1 amide bonds. The van der Waals surface area contributed by atoms with Gasteiger partial charge in [0.2, 0.25) is 5.91 Å². The maximum atomic E-state index is 12.6. The van der Waals surface area contributed by atoms with E-state index in [0.29, 0.717) is 18.4 Å². The molecule has 2 aliphatic rings. The van der Waals surface area contributed by atoms with Gasteiger partial charge in [0, 0.05) is 24.9 Å². The van der Waals surface area contributed by atoms with Gasteiger partial charge in [-0.2, -0.15) is 0 Å². The van der Waals surface area contributed by atoms with Crippen LogP contribution in [0, 0.1) is 11.8 Å². The minimum atomic E-state index is 0.288. The molecule has 1 saturated carbocycles. The third-order valence-electron chi connectivity index (χ3n) is 5.08. The molecular weight excluding hydrogens is 290 g/mol. The van der Waals surface area contributed by atoms with Gasteiger partial charge in [-0.25, -0.2) is 0 Å². The number of amides is 1. The number of nitrogens with zero attached hydrogens (tertiary/aromatic N) is 1. The zero-order chi connectivity index (χ0) is 16.1. The van der Waals surface area contributed by atoms with E-state index in [4.69, 9.17) is 9.47 Å². The molecule has 1 aromatic rings. The van der Waals surface area contributed by atoms with Crippen LogP contribution in [0.2, 0.25) is 0 Å². The van der Waals surface area contributed by atoms with Gasteiger partial charge in [0.1, 0.15) is 11.5 Å². The molecule has 3 rings (SSSR count). The summed E-state index contributed by atoms with van der Waals surface area (Å²) in [5.41, 5.74) is 0. The van der Waals surface area contributed by atoms with Crippen LogP contribution in [-0.4, -0.2) is 37.6 Å². The number of hydrogen-bond acceptors (Lipinski definition) is 3. The van der Waals surface area contributed by atoms with Crippen molar-refractivity contribution in [2.45, 2.75) is 38.5 Å². The van der Waals surface area contributed by atoms with Crippen LogP contribution in [0.4, 0.5) is 0 Å². The number of carbonyl (C=O) groups excluding carboxylic acids is 1. The first-order valence-electron chi connectivity index (χ1n) is 8.82. The molecule has 0 N–H and O–H groups in total. The largest absolute Gasteiger partial charge is 0.497 e. The van der Waals surface area contributed by atoms with E-state index in [9.17, 15) is 4.79 Å². The van der Waals surface area contributed by atoms with Crippen LogP contribution >= 0.6 is 0 Å². The molecule has 0 radical (unpaired) electrons. The predicted octanol–water partition coefficient (Wildman–Crippen LogP) is 3.50. The van der Waals surface area contributed by atoms with Crippen molar-refractivity contribution in [3.63, 3.8) is 0 Å². The molecule has 1 atom stereocenters. The predicted molar refractivity (Wildman–Crippen MR) is 89.8 cm³/mol. The average molecular weight is 317 g/mol. The number of likely N-dealkylation sites (tertiary alicyclic amines) is 1. The first-order chi connectivity index (χ1) is 11.3. The van der Waals surface area contributed by atoms with E-state index in [1.807, 2.05) is 24.3 Å². The number of benzene rings is 1. The molecule has 0 aromatic heterocycles. The first kappa shape index (κ1) is 16.2. The Morgan fingerprint density at radius 2 is 1.78 bits per heavy atom. The lowest BCUT2D eigenvalue weighted by Crippen LogP contribution is -2.43. The minimum absolute atomic E-state index is 0.288. The monoisotopic (exact) mass is 317 g/mol. The second kappa shape index (κ2) is 7.71. The number of carbonyl (C=O) groups is 1. The van der Waals surface area contributed by atoms with E-state index in [0.717, 1.165) is 50.3 Å². The van der Waals surface area contributed by atoms with Crippen molar-refractivity contribution < 1.29 is 14.3 Å². The van der Waals surface area contributed by atoms with Crippen LogP contribution in [0.1, 0.15) is 38.5 Å². The molecule has 2 fully saturated rings. The number of rotatable bonds is 5. The summed E-state index contributed by atoms with van der Waals surface area (Å²) >= 11 is 0. The lowest BCUT2D eigenvalue weighted by atomic mass is 9.97. The molecule has 1 heterocycles. The molecule has 0 spiro atoms. The van der Waals surface area contributed by atoms with Crippen molar-refractivity contribution in [1.82, 2.24) is 4.90 Å². The molecule has 1 unspecified atom stereocenters. The molecule has 1 aromatic carbocycles. The second-order valence-electron chi connectivity index (χ2n) is 6.76. The standard InChI is InChI=1S/C19H27NO3/c1-22-17-8-10-18(11-9-17)23-14-15-5-4-12-20(13-15)19(21)16-6-2-3-7-16/h8-11,15-16H,2-7,12-14H2,1H3. The number of ether oxygens (including phenoxy) is 2. The van der Waals surface area contributed by atoms with E-state index in [1.54, 1.807) is 7.11 Å². The summed E-state index contributed by atoms with van der Waals surface area (Å²) in [6, 6.07) is 7.68. The number of piperidine rings is 1. The summed E-state index contributed by atoms with van der Waals surface area (Å²) in [5, 5.41) is 0. The van der Waals surface area contributed by atoms with Crippen LogP contribution in [-0.2, 0) is 4.79 Å². The highest BCUT2D eigenvalue weighted by molar-refractivity contribution is 5.79. The van der Waals surface area contributed by atoms with E-state index < -0.39 is 0 Å². The molecule has 1 aliphatic heterocycles. The van der Waals surface area contributed by atoms with Crippen LogP contribution in [0.3, 0.4) is 0 Å². The smallest absolute Gasteiger partial charge is 0.225 e. The van der Waals surface area contributed by atoms with Crippen molar-refractivity contribution in [3.8, 4) is 11.5 Å². The summed E-state index contributed by atoms with van der Waals surface area (Å²) in [4.78, 5) is 14.6. The van der Waals surface area contributed by atoms with Gasteiger partial charge in [-0.15, -0.1) is 0 Å². The third-order valence-corrected chi connectivity index (χ3v) is 5.08. The van der Waals surface area contributed by atoms with Crippen LogP contribution in [0.5, 0.6) is 11.5 Å². The molecular formula is C19H27NO3. The third kappa shape index (κ3) is 4.18. The normalized spacial score (nSPS) is 22.1. The second-order valence-corrected chi connectivity index (χ2v) is 6.76. The van der Waals surface area contributed by atoms with Crippen LogP contribution in [0.25, 0.3) is 0 Å². The van der Waals surface area contributed by atoms with Gasteiger partial charge >= 0.3 is 0 Å². The zero-order valence-corrected chi connectivity index (χ0v) is 14.0. The lowest BCUT2D eigenvalue weighted by Gasteiger charge is -2.34. The SMILES string of the molecule is COc1ccc(OCC2CCCN(C(=O)C3CCCC3)C2)cc1. The highest BCUT2D eigenvalue weighted by Crippen LogP contribution is 2.28. The van der Waals surface area contributed by atoms with E-state index >= 15 is 0 Å². The molecule has 126 valence electrons. The maximum Gasteiger partial charge on any atom is 0.225 e. The fraction of sp³-hybridized carbons (Fsp3) is 0.632. The summed E-state index contributed by atoms with van der Waals surface area (Å²) < 4.78 is 11.1. The van der Waals surface area contributed by atoms with Gasteiger partial charge in [-0.1, -0.05) is 12.8 Å². The molecule has 4 heteroatoms. The number of hydrogen-bond donors (Lipinski definition) is 0. The van der Waals surface area contributed by atoms with Gasteiger partial charge in [-0.05, 0) is 49.9 Å². The highest BCUT2D eigenvalue weighted by Gasteiger charge is 2.30. The van der Waals surface area contributed by atoms with Gasteiger partial charge in [-0.3, -0.25) is 4.79 Å². The van der Waals surface area contributed by atoms with E-state index in [1.165, 1.54) is 12.8 Å². The average Bonchev–Trinajstić information content (AvgIpc) is 3.14. The Balaban J connectivity index is 1.48. The Kier molecular flexibility index (Phi) is 5.42. The quantitative estimate of drug-likeness (QED) is 0.834.